The zero-order valence-corrected chi connectivity index (χ0v) is 8.12. The summed E-state index contributed by atoms with van der Waals surface area (Å²) in [6.07, 6.45) is 0.913. The van der Waals surface area contributed by atoms with Crippen LogP contribution in [0.15, 0.2) is 0 Å². The lowest BCUT2D eigenvalue weighted by molar-refractivity contribution is 0.107. The molecule has 0 aliphatic carbocycles. The zero-order valence-electron chi connectivity index (χ0n) is 8.12. The van der Waals surface area contributed by atoms with Crippen molar-refractivity contribution < 1.29 is 14.6 Å². The van der Waals surface area contributed by atoms with Gasteiger partial charge in [0, 0.05) is 13.0 Å². The Labute approximate surface area is 78.3 Å². The highest BCUT2D eigenvalue weighted by molar-refractivity contribution is 5.70. The minimum Gasteiger partial charge on any atom is -0.444 e. The van der Waals surface area contributed by atoms with Gasteiger partial charge in [0.05, 0.1) is 6.04 Å². The number of ether oxygens (including phenoxy) is 1. The Hall–Kier alpha value is -0.770. The van der Waals surface area contributed by atoms with Crippen molar-refractivity contribution in [1.29, 1.82) is 0 Å². The van der Waals surface area contributed by atoms with Crippen molar-refractivity contribution in [1.82, 2.24) is 5.32 Å². The fourth-order valence-corrected chi connectivity index (χ4v) is 1.60. The lowest BCUT2D eigenvalue weighted by Gasteiger charge is -2.17. The lowest BCUT2D eigenvalue weighted by atomic mass is 9.98. The summed E-state index contributed by atoms with van der Waals surface area (Å²) in [4.78, 5) is 10.9. The van der Waals surface area contributed by atoms with E-state index in [1.807, 2.05) is 0 Å². The van der Waals surface area contributed by atoms with Crippen LogP contribution in [0.5, 0.6) is 0 Å². The Morgan fingerprint density at radius 1 is 1.62 bits per heavy atom. The Bertz CT molecular complexity index is 182. The van der Waals surface area contributed by atoms with Crippen molar-refractivity contribution in [3.8, 4) is 0 Å². The van der Waals surface area contributed by atoms with E-state index in [1.165, 1.54) is 0 Å². The van der Waals surface area contributed by atoms with E-state index in [9.17, 15) is 4.79 Å². The fourth-order valence-electron chi connectivity index (χ4n) is 1.60. The summed E-state index contributed by atoms with van der Waals surface area (Å²) in [6.45, 7) is 4.26. The average Bonchev–Trinajstić information content (AvgIpc) is 2.31. The summed E-state index contributed by atoms with van der Waals surface area (Å²) < 4.78 is 5.01. The van der Waals surface area contributed by atoms with Gasteiger partial charge in [-0.2, -0.15) is 0 Å². The van der Waals surface area contributed by atoms with Crippen LogP contribution in [0, 0.1) is 5.92 Å². The standard InChI is InChI=1S/C9H17NO3/c1-6(2)5-7-8(3-4-11)13-9(12)10-7/h6-8,11H,3-5H2,1-2H3,(H,10,12)/t7-,8-/m1/s1. The van der Waals surface area contributed by atoms with Crippen LogP contribution in [-0.4, -0.2) is 30.0 Å². The molecule has 0 radical (unpaired) electrons. The van der Waals surface area contributed by atoms with Gasteiger partial charge >= 0.3 is 6.09 Å². The second kappa shape index (κ2) is 4.46. The summed E-state index contributed by atoms with van der Waals surface area (Å²) in [5.41, 5.74) is 0. The van der Waals surface area contributed by atoms with Gasteiger partial charge in [-0.15, -0.1) is 0 Å². The predicted octanol–water partition coefficient (Wildman–Crippen LogP) is 0.892. The highest BCUT2D eigenvalue weighted by Crippen LogP contribution is 2.18. The molecule has 4 heteroatoms. The highest BCUT2D eigenvalue weighted by atomic mass is 16.6. The molecule has 1 rings (SSSR count). The van der Waals surface area contributed by atoms with E-state index < -0.39 is 0 Å². The number of amides is 1. The first kappa shape index (κ1) is 10.3. The Morgan fingerprint density at radius 3 is 2.85 bits per heavy atom. The predicted molar refractivity (Wildman–Crippen MR) is 48.4 cm³/mol. The number of hydrogen-bond donors (Lipinski definition) is 2. The van der Waals surface area contributed by atoms with Gasteiger partial charge in [0.25, 0.3) is 0 Å². The molecule has 0 spiro atoms. The van der Waals surface area contributed by atoms with Crippen LogP contribution < -0.4 is 5.32 Å². The van der Waals surface area contributed by atoms with Crippen molar-refractivity contribution in [2.24, 2.45) is 5.92 Å². The number of cyclic esters (lactones) is 1. The maximum atomic E-state index is 10.9. The van der Waals surface area contributed by atoms with Gasteiger partial charge in [0.1, 0.15) is 6.10 Å². The Balaban J connectivity index is 2.45. The van der Waals surface area contributed by atoms with Crippen LogP contribution in [0.4, 0.5) is 4.79 Å². The third-order valence-electron chi connectivity index (χ3n) is 2.15. The number of nitrogens with one attached hydrogen (secondary N) is 1. The van der Waals surface area contributed by atoms with E-state index in [1.54, 1.807) is 0 Å². The lowest BCUT2D eigenvalue weighted by Crippen LogP contribution is -2.33. The number of aliphatic hydroxyl groups excluding tert-OH is 1. The SMILES string of the molecule is CC(C)C[C@H]1NC(=O)O[C@@H]1CCO. The largest absolute Gasteiger partial charge is 0.444 e. The monoisotopic (exact) mass is 187 g/mol. The Morgan fingerprint density at radius 2 is 2.31 bits per heavy atom. The van der Waals surface area contributed by atoms with E-state index in [0.29, 0.717) is 12.3 Å². The number of hydrogen-bond acceptors (Lipinski definition) is 3. The topological polar surface area (TPSA) is 58.6 Å². The molecule has 0 aromatic carbocycles. The van der Waals surface area contributed by atoms with Gasteiger partial charge < -0.3 is 15.2 Å². The first-order chi connectivity index (χ1) is 6.13. The number of aliphatic hydroxyl groups is 1. The van der Waals surface area contributed by atoms with E-state index in [4.69, 9.17) is 9.84 Å². The van der Waals surface area contributed by atoms with Crippen molar-refractivity contribution in [3.63, 3.8) is 0 Å². The van der Waals surface area contributed by atoms with Gasteiger partial charge in [-0.25, -0.2) is 4.79 Å². The van der Waals surface area contributed by atoms with E-state index in [0.717, 1.165) is 6.42 Å². The van der Waals surface area contributed by atoms with E-state index in [-0.39, 0.29) is 24.8 Å². The molecular weight excluding hydrogens is 170 g/mol. The Kier molecular flexibility index (Phi) is 3.54. The van der Waals surface area contributed by atoms with Crippen molar-refractivity contribution in [2.75, 3.05) is 6.61 Å². The van der Waals surface area contributed by atoms with Crippen molar-refractivity contribution >= 4 is 6.09 Å². The molecule has 0 aromatic rings. The number of carbonyl (C=O) groups is 1. The van der Waals surface area contributed by atoms with Crippen LogP contribution >= 0.6 is 0 Å². The van der Waals surface area contributed by atoms with Crippen molar-refractivity contribution in [3.05, 3.63) is 0 Å². The molecule has 1 saturated heterocycles. The van der Waals surface area contributed by atoms with E-state index >= 15 is 0 Å². The summed E-state index contributed by atoms with van der Waals surface area (Å²) in [6, 6.07) is 0.0691. The molecule has 2 N–H and O–H groups in total. The number of rotatable bonds is 4. The molecule has 13 heavy (non-hydrogen) atoms. The van der Waals surface area contributed by atoms with Gasteiger partial charge in [-0.3, -0.25) is 0 Å². The molecular formula is C9H17NO3. The molecule has 1 aliphatic rings. The van der Waals surface area contributed by atoms with Gasteiger partial charge in [-0.05, 0) is 12.3 Å². The normalized spacial score (nSPS) is 27.5. The maximum absolute atomic E-state index is 10.9. The highest BCUT2D eigenvalue weighted by Gasteiger charge is 2.33. The minimum atomic E-state index is -0.357. The summed E-state index contributed by atoms with van der Waals surface area (Å²) in [5.74, 6) is 0.521. The molecule has 1 fully saturated rings. The van der Waals surface area contributed by atoms with Crippen molar-refractivity contribution in [2.45, 2.75) is 38.8 Å². The molecule has 0 aromatic heterocycles. The van der Waals surface area contributed by atoms with Gasteiger partial charge in [0.2, 0.25) is 0 Å². The third-order valence-corrected chi connectivity index (χ3v) is 2.15. The summed E-state index contributed by atoms with van der Waals surface area (Å²) >= 11 is 0. The second-order valence-electron chi connectivity index (χ2n) is 3.84. The molecule has 0 saturated carbocycles. The molecule has 1 heterocycles. The molecule has 1 aliphatic heterocycles. The smallest absolute Gasteiger partial charge is 0.407 e. The zero-order chi connectivity index (χ0) is 9.84. The molecule has 76 valence electrons. The minimum absolute atomic E-state index is 0.0637. The maximum Gasteiger partial charge on any atom is 0.407 e. The quantitative estimate of drug-likeness (QED) is 0.687. The fraction of sp³-hybridized carbons (Fsp3) is 0.889. The second-order valence-corrected chi connectivity index (χ2v) is 3.84. The average molecular weight is 187 g/mol. The van der Waals surface area contributed by atoms with Crippen LogP contribution in [0.1, 0.15) is 26.7 Å². The molecule has 4 nitrogen and oxygen atoms in total. The first-order valence-corrected chi connectivity index (χ1v) is 4.71. The molecule has 1 amide bonds. The molecule has 0 unspecified atom stereocenters. The van der Waals surface area contributed by atoms with E-state index in [2.05, 4.69) is 19.2 Å². The number of alkyl carbamates (subject to hydrolysis) is 1. The van der Waals surface area contributed by atoms with Crippen LogP contribution in [0.3, 0.4) is 0 Å². The summed E-state index contributed by atoms with van der Waals surface area (Å²) in [5, 5.41) is 11.5. The molecule has 2 atom stereocenters. The third kappa shape index (κ3) is 2.88. The number of carbonyl (C=O) groups excluding carboxylic acids is 1. The molecule has 0 bridgehead atoms. The van der Waals surface area contributed by atoms with Crippen LogP contribution in [-0.2, 0) is 4.74 Å². The van der Waals surface area contributed by atoms with Gasteiger partial charge in [0.15, 0.2) is 0 Å². The van der Waals surface area contributed by atoms with Gasteiger partial charge in [-0.1, -0.05) is 13.8 Å². The summed E-state index contributed by atoms with van der Waals surface area (Å²) in [7, 11) is 0. The van der Waals surface area contributed by atoms with Crippen LogP contribution in [0.25, 0.3) is 0 Å². The van der Waals surface area contributed by atoms with Crippen LogP contribution in [0.2, 0.25) is 0 Å². The first-order valence-electron chi connectivity index (χ1n) is 4.71.